The summed E-state index contributed by atoms with van der Waals surface area (Å²) in [5.41, 5.74) is 7.09. The van der Waals surface area contributed by atoms with E-state index in [1.807, 2.05) is 24.3 Å². The van der Waals surface area contributed by atoms with E-state index >= 15 is 0 Å². The maximum atomic E-state index is 12.6. The largest absolute Gasteiger partial charge is 0.273 e. The van der Waals surface area contributed by atoms with Crippen LogP contribution in [0.3, 0.4) is 0 Å². The van der Waals surface area contributed by atoms with E-state index in [0.717, 1.165) is 18.3 Å². The second-order valence-electron chi connectivity index (χ2n) is 7.95. The quantitative estimate of drug-likeness (QED) is 0.839. The Balaban J connectivity index is 1.35. The average Bonchev–Trinajstić information content (AvgIpc) is 2.59. The summed E-state index contributed by atoms with van der Waals surface area (Å²) < 4.78 is 0. The van der Waals surface area contributed by atoms with Crippen molar-refractivity contribution >= 4 is 11.8 Å². The molecule has 24 heavy (non-hydrogen) atoms. The number of amides is 2. The Labute approximate surface area is 143 Å². The average molecular weight is 326 g/mol. The normalized spacial score (nSPS) is 33.3. The summed E-state index contributed by atoms with van der Waals surface area (Å²) in [6.07, 6.45) is 7.15. The minimum atomic E-state index is -0.241. The minimum absolute atomic E-state index is 0.0160. The molecule has 5 rings (SSSR count). The van der Waals surface area contributed by atoms with E-state index in [4.69, 9.17) is 0 Å². The van der Waals surface area contributed by atoms with E-state index in [2.05, 4.69) is 17.8 Å². The summed E-state index contributed by atoms with van der Waals surface area (Å²) in [4.78, 5) is 24.9. The van der Waals surface area contributed by atoms with Gasteiger partial charge in [-0.3, -0.25) is 20.4 Å². The lowest BCUT2D eigenvalue weighted by atomic mass is 9.52. The Morgan fingerprint density at radius 1 is 0.917 bits per heavy atom. The number of carbonyl (C=O) groups excluding carboxylic acids is 2. The summed E-state index contributed by atoms with van der Waals surface area (Å²) >= 11 is 0. The predicted octanol–water partition coefficient (Wildman–Crippen LogP) is 3.08. The van der Waals surface area contributed by atoms with Gasteiger partial charge in [-0.05, 0) is 79.9 Å². The number of aryl methyl sites for hydroxylation is 1. The minimum Gasteiger partial charge on any atom is -0.273 e. The molecular formula is C20H26N2O2. The summed E-state index contributed by atoms with van der Waals surface area (Å²) in [7, 11) is 0. The van der Waals surface area contributed by atoms with E-state index in [1.165, 1.54) is 37.7 Å². The van der Waals surface area contributed by atoms with Gasteiger partial charge in [-0.25, -0.2) is 0 Å². The van der Waals surface area contributed by atoms with Crippen molar-refractivity contribution in [1.29, 1.82) is 0 Å². The van der Waals surface area contributed by atoms with Crippen molar-refractivity contribution in [2.45, 2.75) is 45.4 Å². The van der Waals surface area contributed by atoms with Crippen molar-refractivity contribution in [2.24, 2.45) is 29.6 Å². The molecule has 4 fully saturated rings. The first-order valence-corrected chi connectivity index (χ1v) is 9.33. The van der Waals surface area contributed by atoms with Crippen molar-refractivity contribution in [2.75, 3.05) is 0 Å². The zero-order chi connectivity index (χ0) is 16.7. The van der Waals surface area contributed by atoms with Crippen molar-refractivity contribution in [3.8, 4) is 0 Å². The van der Waals surface area contributed by atoms with Crippen LogP contribution >= 0.6 is 0 Å². The monoisotopic (exact) mass is 326 g/mol. The van der Waals surface area contributed by atoms with Gasteiger partial charge >= 0.3 is 0 Å². The van der Waals surface area contributed by atoms with Gasteiger partial charge in [0.1, 0.15) is 0 Å². The first kappa shape index (κ1) is 15.7. The predicted molar refractivity (Wildman–Crippen MR) is 92.0 cm³/mol. The van der Waals surface area contributed by atoms with Gasteiger partial charge in [-0.1, -0.05) is 19.1 Å². The van der Waals surface area contributed by atoms with Crippen LogP contribution in [0.15, 0.2) is 24.3 Å². The van der Waals surface area contributed by atoms with Crippen LogP contribution in [0.5, 0.6) is 0 Å². The highest BCUT2D eigenvalue weighted by molar-refractivity contribution is 5.95. The number of hydrogen-bond acceptors (Lipinski definition) is 2. The SMILES string of the molecule is CCc1ccc(C(=O)NNC(=O)C2C3CC4CC(C3)CC2C4)cc1. The first-order chi connectivity index (χ1) is 11.6. The van der Waals surface area contributed by atoms with E-state index in [0.29, 0.717) is 17.4 Å². The maximum Gasteiger partial charge on any atom is 0.269 e. The highest BCUT2D eigenvalue weighted by Crippen LogP contribution is 2.56. The molecule has 2 amide bonds. The van der Waals surface area contributed by atoms with Crippen molar-refractivity contribution in [3.63, 3.8) is 0 Å². The lowest BCUT2D eigenvalue weighted by Gasteiger charge is -2.53. The van der Waals surface area contributed by atoms with E-state index in [9.17, 15) is 9.59 Å². The Kier molecular flexibility index (Phi) is 4.07. The molecule has 4 heteroatoms. The Bertz CT molecular complexity index is 610. The van der Waals surface area contributed by atoms with E-state index < -0.39 is 0 Å². The zero-order valence-corrected chi connectivity index (χ0v) is 14.3. The number of benzene rings is 1. The van der Waals surface area contributed by atoms with Crippen LogP contribution in [0.1, 0.15) is 54.9 Å². The van der Waals surface area contributed by atoms with E-state index in [1.54, 1.807) is 0 Å². The topological polar surface area (TPSA) is 58.2 Å². The van der Waals surface area contributed by atoms with Gasteiger partial charge in [-0.15, -0.1) is 0 Å². The number of carbonyl (C=O) groups is 2. The molecule has 0 heterocycles. The molecule has 0 saturated heterocycles. The van der Waals surface area contributed by atoms with Crippen molar-refractivity contribution in [1.82, 2.24) is 10.9 Å². The molecular weight excluding hydrogens is 300 g/mol. The molecule has 2 N–H and O–H groups in total. The van der Waals surface area contributed by atoms with Crippen LogP contribution in [-0.4, -0.2) is 11.8 Å². The Morgan fingerprint density at radius 3 is 2.04 bits per heavy atom. The second kappa shape index (κ2) is 6.23. The fourth-order valence-electron chi connectivity index (χ4n) is 5.52. The number of rotatable bonds is 3. The summed E-state index contributed by atoms with van der Waals surface area (Å²) in [5.74, 6) is 2.63. The lowest BCUT2D eigenvalue weighted by molar-refractivity contribution is -0.138. The van der Waals surface area contributed by atoms with Gasteiger partial charge in [0.2, 0.25) is 5.91 Å². The molecule has 1 aromatic rings. The Morgan fingerprint density at radius 2 is 1.50 bits per heavy atom. The number of nitrogens with one attached hydrogen (secondary N) is 2. The summed E-state index contributed by atoms with van der Waals surface area (Å²) in [5, 5.41) is 0. The summed E-state index contributed by atoms with van der Waals surface area (Å²) in [6.45, 7) is 2.08. The smallest absolute Gasteiger partial charge is 0.269 e. The molecule has 128 valence electrons. The fourth-order valence-corrected chi connectivity index (χ4v) is 5.52. The molecule has 0 spiro atoms. The third-order valence-corrected chi connectivity index (χ3v) is 6.45. The van der Waals surface area contributed by atoms with Crippen LogP contribution in [0, 0.1) is 29.6 Å². The molecule has 4 aliphatic carbocycles. The molecule has 4 aliphatic rings. The van der Waals surface area contributed by atoms with Gasteiger partial charge in [0.05, 0.1) is 0 Å². The first-order valence-electron chi connectivity index (χ1n) is 9.33. The van der Waals surface area contributed by atoms with Crippen LogP contribution in [-0.2, 0) is 11.2 Å². The Hall–Kier alpha value is -1.84. The van der Waals surface area contributed by atoms with Crippen molar-refractivity contribution in [3.05, 3.63) is 35.4 Å². The zero-order valence-electron chi connectivity index (χ0n) is 14.3. The van der Waals surface area contributed by atoms with Crippen LogP contribution in [0.4, 0.5) is 0 Å². The van der Waals surface area contributed by atoms with Crippen LogP contribution in [0.25, 0.3) is 0 Å². The molecule has 0 unspecified atom stereocenters. The molecule has 0 radical (unpaired) electrons. The van der Waals surface area contributed by atoms with Gasteiger partial charge in [-0.2, -0.15) is 0 Å². The van der Waals surface area contributed by atoms with Gasteiger partial charge in [0.15, 0.2) is 0 Å². The fraction of sp³-hybridized carbons (Fsp3) is 0.600. The summed E-state index contributed by atoms with van der Waals surface area (Å²) in [6, 6.07) is 7.52. The van der Waals surface area contributed by atoms with Crippen molar-refractivity contribution < 1.29 is 9.59 Å². The van der Waals surface area contributed by atoms with Gasteiger partial charge in [0.25, 0.3) is 5.91 Å². The molecule has 0 aliphatic heterocycles. The molecule has 1 aromatic carbocycles. The highest BCUT2D eigenvalue weighted by atomic mass is 16.2. The second-order valence-corrected chi connectivity index (χ2v) is 7.95. The van der Waals surface area contributed by atoms with Crippen LogP contribution in [0.2, 0.25) is 0 Å². The molecule has 4 bridgehead atoms. The van der Waals surface area contributed by atoms with Crippen LogP contribution < -0.4 is 10.9 Å². The maximum absolute atomic E-state index is 12.6. The third kappa shape index (κ3) is 2.83. The molecule has 4 saturated carbocycles. The lowest BCUT2D eigenvalue weighted by Crippen LogP contribution is -2.54. The standard InChI is InChI=1S/C20H26N2O2/c1-2-12-3-5-15(6-4-12)19(23)21-22-20(24)18-16-8-13-7-14(10-16)11-17(18)9-13/h3-6,13-14,16-18H,2,7-11H2,1H3,(H,21,23)(H,22,24). The number of hydrogen-bond donors (Lipinski definition) is 2. The van der Waals surface area contributed by atoms with Gasteiger partial charge in [0, 0.05) is 11.5 Å². The van der Waals surface area contributed by atoms with Gasteiger partial charge < -0.3 is 0 Å². The third-order valence-electron chi connectivity index (χ3n) is 6.45. The number of hydrazine groups is 1. The molecule has 0 aromatic heterocycles. The van der Waals surface area contributed by atoms with E-state index in [-0.39, 0.29) is 17.7 Å². The molecule has 4 nitrogen and oxygen atoms in total. The highest BCUT2D eigenvalue weighted by Gasteiger charge is 2.50. The molecule has 0 atom stereocenters.